The Labute approximate surface area is 145 Å². The van der Waals surface area contributed by atoms with Gasteiger partial charge in [-0.15, -0.1) is 0 Å². The van der Waals surface area contributed by atoms with Gasteiger partial charge in [0.2, 0.25) is 0 Å². The van der Waals surface area contributed by atoms with Crippen LogP contribution in [0.3, 0.4) is 0 Å². The summed E-state index contributed by atoms with van der Waals surface area (Å²) in [5.74, 6) is -0.119. The van der Waals surface area contributed by atoms with Crippen LogP contribution in [0.4, 0.5) is 0 Å². The molecule has 0 fully saturated rings. The molecule has 0 aliphatic rings. The highest BCUT2D eigenvalue weighted by molar-refractivity contribution is 5.94. The van der Waals surface area contributed by atoms with E-state index in [0.717, 1.165) is 28.7 Å². The van der Waals surface area contributed by atoms with Gasteiger partial charge in [-0.25, -0.2) is 4.79 Å². The Balaban J connectivity index is 1.71. The first-order valence-electron chi connectivity index (χ1n) is 8.19. The third kappa shape index (κ3) is 3.97. The molecule has 1 aromatic heterocycles. The van der Waals surface area contributed by atoms with Crippen LogP contribution >= 0.6 is 0 Å². The Morgan fingerprint density at radius 2 is 1.76 bits per heavy atom. The molecule has 1 heterocycles. The molecule has 0 saturated heterocycles. The van der Waals surface area contributed by atoms with E-state index in [4.69, 9.17) is 0 Å². The minimum absolute atomic E-state index is 0.119. The van der Waals surface area contributed by atoms with E-state index in [1.807, 2.05) is 63.5 Å². The van der Waals surface area contributed by atoms with Gasteiger partial charge in [0.25, 0.3) is 5.91 Å². The zero-order chi connectivity index (χ0) is 18.0. The van der Waals surface area contributed by atoms with Gasteiger partial charge < -0.3 is 20.2 Å². The van der Waals surface area contributed by atoms with Gasteiger partial charge in [0.1, 0.15) is 0 Å². The summed E-state index contributed by atoms with van der Waals surface area (Å²) in [5, 5.41) is 2.99. The summed E-state index contributed by atoms with van der Waals surface area (Å²) in [7, 11) is 4.02. The van der Waals surface area contributed by atoms with Crippen molar-refractivity contribution in [3.63, 3.8) is 0 Å². The first-order chi connectivity index (χ1) is 11.9. The molecule has 2 aromatic carbocycles. The van der Waals surface area contributed by atoms with E-state index in [1.54, 1.807) is 0 Å². The predicted molar refractivity (Wildman–Crippen MR) is 98.6 cm³/mol. The number of amides is 1. The maximum Gasteiger partial charge on any atom is 0.323 e. The maximum absolute atomic E-state index is 12.4. The number of rotatable bonds is 5. The van der Waals surface area contributed by atoms with Crippen LogP contribution < -0.4 is 11.0 Å². The lowest BCUT2D eigenvalue weighted by molar-refractivity contribution is 0.0940. The van der Waals surface area contributed by atoms with Gasteiger partial charge in [-0.1, -0.05) is 18.2 Å². The van der Waals surface area contributed by atoms with Crippen molar-refractivity contribution < 1.29 is 4.79 Å². The lowest BCUT2D eigenvalue weighted by Gasteiger charge is -2.15. The Hall–Kier alpha value is -2.86. The van der Waals surface area contributed by atoms with Crippen molar-refractivity contribution in [1.29, 1.82) is 0 Å². The minimum Gasteiger partial charge on any atom is -0.346 e. The Morgan fingerprint density at radius 3 is 2.44 bits per heavy atom. The number of imidazole rings is 1. The molecule has 1 atom stereocenters. The topological polar surface area (TPSA) is 81.0 Å². The zero-order valence-corrected chi connectivity index (χ0v) is 14.6. The molecule has 3 N–H and O–H groups in total. The quantitative estimate of drug-likeness (QED) is 0.668. The molecule has 1 amide bonds. The summed E-state index contributed by atoms with van der Waals surface area (Å²) in [4.78, 5) is 31.3. The third-order valence-electron chi connectivity index (χ3n) is 4.10. The summed E-state index contributed by atoms with van der Waals surface area (Å²) in [6.07, 6.45) is 0. The molecule has 0 spiro atoms. The number of hydrogen-bond acceptors (Lipinski definition) is 3. The second-order valence-corrected chi connectivity index (χ2v) is 6.51. The van der Waals surface area contributed by atoms with Crippen LogP contribution in [0.15, 0.2) is 47.3 Å². The SMILES string of the molecule is CC(NC(=O)c1ccc(CN(C)C)cc1)c1ccc2[nH]c(=O)[nH]c2c1. The van der Waals surface area contributed by atoms with Crippen molar-refractivity contribution >= 4 is 16.9 Å². The fourth-order valence-electron chi connectivity index (χ4n) is 2.81. The fourth-order valence-corrected chi connectivity index (χ4v) is 2.81. The zero-order valence-electron chi connectivity index (χ0n) is 14.6. The number of carbonyl (C=O) groups is 1. The first-order valence-corrected chi connectivity index (χ1v) is 8.19. The van der Waals surface area contributed by atoms with Crippen molar-refractivity contribution in [2.75, 3.05) is 14.1 Å². The van der Waals surface area contributed by atoms with Crippen molar-refractivity contribution in [2.24, 2.45) is 0 Å². The van der Waals surface area contributed by atoms with Crippen molar-refractivity contribution in [2.45, 2.75) is 19.5 Å². The number of aromatic amines is 2. The average Bonchev–Trinajstić information content (AvgIpc) is 2.93. The van der Waals surface area contributed by atoms with E-state index in [0.29, 0.717) is 5.56 Å². The molecular weight excluding hydrogens is 316 g/mol. The van der Waals surface area contributed by atoms with Crippen LogP contribution in [0.25, 0.3) is 11.0 Å². The molecule has 6 nitrogen and oxygen atoms in total. The molecule has 3 rings (SSSR count). The number of hydrogen-bond donors (Lipinski definition) is 3. The normalized spacial score (nSPS) is 12.5. The predicted octanol–water partition coefficient (Wildman–Crippen LogP) is 2.41. The summed E-state index contributed by atoms with van der Waals surface area (Å²) in [5.41, 5.74) is 3.98. The first kappa shape index (κ1) is 17.0. The van der Waals surface area contributed by atoms with Crippen LogP contribution in [0, 0.1) is 0 Å². The second kappa shape index (κ2) is 6.94. The molecule has 130 valence electrons. The van der Waals surface area contributed by atoms with Gasteiger partial charge in [0.15, 0.2) is 0 Å². The largest absolute Gasteiger partial charge is 0.346 e. The number of fused-ring (bicyclic) bond motifs is 1. The lowest BCUT2D eigenvalue weighted by atomic mass is 10.1. The number of aromatic nitrogens is 2. The van der Waals surface area contributed by atoms with Crippen LogP contribution in [-0.2, 0) is 6.54 Å². The van der Waals surface area contributed by atoms with E-state index < -0.39 is 0 Å². The Bertz CT molecular complexity index is 938. The summed E-state index contributed by atoms with van der Waals surface area (Å²) < 4.78 is 0. The highest BCUT2D eigenvalue weighted by Gasteiger charge is 2.12. The Morgan fingerprint density at radius 1 is 1.08 bits per heavy atom. The molecule has 6 heteroatoms. The van der Waals surface area contributed by atoms with Crippen LogP contribution in [0.2, 0.25) is 0 Å². The van der Waals surface area contributed by atoms with Crippen molar-refractivity contribution in [1.82, 2.24) is 20.2 Å². The van der Waals surface area contributed by atoms with Gasteiger partial charge in [-0.3, -0.25) is 4.79 Å². The molecule has 1 unspecified atom stereocenters. The standard InChI is InChI=1S/C19H22N4O2/c1-12(15-8-9-16-17(10-15)22-19(25)21-16)20-18(24)14-6-4-13(5-7-14)11-23(2)3/h4-10,12H,11H2,1-3H3,(H,20,24)(H2,21,22,25). The molecule has 3 aromatic rings. The number of nitrogens with zero attached hydrogens (tertiary/aromatic N) is 1. The molecular formula is C19H22N4O2. The maximum atomic E-state index is 12.4. The van der Waals surface area contributed by atoms with Gasteiger partial charge in [0.05, 0.1) is 17.1 Å². The average molecular weight is 338 g/mol. The van der Waals surface area contributed by atoms with Crippen LogP contribution in [-0.4, -0.2) is 34.9 Å². The molecule has 0 saturated carbocycles. The molecule has 0 bridgehead atoms. The number of benzene rings is 2. The fraction of sp³-hybridized carbons (Fsp3) is 0.263. The number of H-pyrrole nitrogens is 2. The summed E-state index contributed by atoms with van der Waals surface area (Å²) >= 11 is 0. The number of carbonyl (C=O) groups excluding carboxylic acids is 1. The molecule has 0 aliphatic carbocycles. The van der Waals surface area contributed by atoms with Gasteiger partial charge >= 0.3 is 5.69 Å². The van der Waals surface area contributed by atoms with Gasteiger partial charge in [-0.05, 0) is 56.4 Å². The smallest absolute Gasteiger partial charge is 0.323 e. The lowest BCUT2D eigenvalue weighted by Crippen LogP contribution is -2.26. The summed E-state index contributed by atoms with van der Waals surface area (Å²) in [6.45, 7) is 2.76. The molecule has 25 heavy (non-hydrogen) atoms. The van der Waals surface area contributed by atoms with Crippen LogP contribution in [0.5, 0.6) is 0 Å². The van der Waals surface area contributed by atoms with Crippen molar-refractivity contribution in [3.05, 3.63) is 69.6 Å². The highest BCUT2D eigenvalue weighted by atomic mass is 16.2. The molecule has 0 aliphatic heterocycles. The second-order valence-electron chi connectivity index (χ2n) is 6.51. The molecule has 0 radical (unpaired) electrons. The monoisotopic (exact) mass is 338 g/mol. The number of nitrogens with one attached hydrogen (secondary N) is 3. The van der Waals surface area contributed by atoms with E-state index in [1.165, 1.54) is 0 Å². The van der Waals surface area contributed by atoms with E-state index >= 15 is 0 Å². The Kier molecular flexibility index (Phi) is 4.72. The van der Waals surface area contributed by atoms with Crippen LogP contribution in [0.1, 0.15) is 34.5 Å². The third-order valence-corrected chi connectivity index (χ3v) is 4.10. The summed E-state index contributed by atoms with van der Waals surface area (Å²) in [6, 6.07) is 13.1. The van der Waals surface area contributed by atoms with Gasteiger partial charge in [-0.2, -0.15) is 0 Å². The van der Waals surface area contributed by atoms with E-state index in [2.05, 4.69) is 20.2 Å². The van der Waals surface area contributed by atoms with Gasteiger partial charge in [0, 0.05) is 12.1 Å². The minimum atomic E-state index is -0.235. The van der Waals surface area contributed by atoms with Crippen molar-refractivity contribution in [3.8, 4) is 0 Å². The highest BCUT2D eigenvalue weighted by Crippen LogP contribution is 2.17. The van der Waals surface area contributed by atoms with E-state index in [9.17, 15) is 9.59 Å². The van der Waals surface area contributed by atoms with E-state index in [-0.39, 0.29) is 17.6 Å².